The normalized spacial score (nSPS) is 19.6. The van der Waals surface area contributed by atoms with E-state index in [9.17, 15) is 9.59 Å². The van der Waals surface area contributed by atoms with Gasteiger partial charge in [0.15, 0.2) is 5.96 Å². The minimum Gasteiger partial charge on any atom is -0.354 e. The average molecular weight is 522 g/mol. The number of aliphatic imine (C=N–C) groups is 1. The van der Waals surface area contributed by atoms with E-state index in [0.29, 0.717) is 13.1 Å². The Morgan fingerprint density at radius 1 is 0.931 bits per heavy atom. The predicted octanol–water partition coefficient (Wildman–Crippen LogP) is 0.971. The van der Waals surface area contributed by atoms with Gasteiger partial charge in [-0.25, -0.2) is 0 Å². The van der Waals surface area contributed by atoms with E-state index in [1.54, 1.807) is 7.05 Å². The molecule has 0 spiro atoms. The van der Waals surface area contributed by atoms with Crippen molar-refractivity contribution in [2.45, 2.75) is 46.6 Å². The summed E-state index contributed by atoms with van der Waals surface area (Å²) in [7, 11) is 1.78. The van der Waals surface area contributed by atoms with Crippen LogP contribution in [0.3, 0.4) is 0 Å². The first-order valence-electron chi connectivity index (χ1n) is 10.5. The number of likely N-dealkylation sites (tertiary alicyclic amines) is 1. The van der Waals surface area contributed by atoms with Gasteiger partial charge < -0.3 is 20.4 Å². The summed E-state index contributed by atoms with van der Waals surface area (Å²) in [5.74, 6) is 1.17. The van der Waals surface area contributed by atoms with Crippen molar-refractivity contribution < 1.29 is 9.59 Å². The molecule has 29 heavy (non-hydrogen) atoms. The zero-order chi connectivity index (χ0) is 20.7. The van der Waals surface area contributed by atoms with Gasteiger partial charge >= 0.3 is 0 Å². The molecular formula is C20H39IN6O2. The number of carbonyl (C=O) groups excluding carboxylic acids is 2. The van der Waals surface area contributed by atoms with Crippen LogP contribution in [0.2, 0.25) is 0 Å². The first kappa shape index (κ1) is 25.9. The smallest absolute Gasteiger partial charge is 0.239 e. The van der Waals surface area contributed by atoms with Crippen molar-refractivity contribution in [2.75, 3.05) is 59.4 Å². The van der Waals surface area contributed by atoms with E-state index in [2.05, 4.69) is 25.4 Å². The SMILES string of the molecule is CN=C(NCCNC(=O)C(C)(C)C)N1CCN(C(C)C(=O)N2CCCC2)CC1.I. The van der Waals surface area contributed by atoms with Gasteiger partial charge in [-0.05, 0) is 19.8 Å². The van der Waals surface area contributed by atoms with Crippen LogP contribution in [0.15, 0.2) is 4.99 Å². The summed E-state index contributed by atoms with van der Waals surface area (Å²) >= 11 is 0. The zero-order valence-electron chi connectivity index (χ0n) is 18.7. The highest BCUT2D eigenvalue weighted by Gasteiger charge is 2.30. The van der Waals surface area contributed by atoms with E-state index in [1.807, 2.05) is 32.6 Å². The van der Waals surface area contributed by atoms with E-state index in [4.69, 9.17) is 0 Å². The van der Waals surface area contributed by atoms with E-state index in [1.165, 1.54) is 0 Å². The highest BCUT2D eigenvalue weighted by atomic mass is 127. The quantitative estimate of drug-likeness (QED) is 0.244. The predicted molar refractivity (Wildman–Crippen MR) is 128 cm³/mol. The second-order valence-electron chi connectivity index (χ2n) is 8.71. The van der Waals surface area contributed by atoms with Crippen molar-refractivity contribution in [3.63, 3.8) is 0 Å². The summed E-state index contributed by atoms with van der Waals surface area (Å²) in [5.41, 5.74) is -0.374. The van der Waals surface area contributed by atoms with Crippen LogP contribution in [0.5, 0.6) is 0 Å². The standard InChI is InChI=1S/C20H38N6O2.HI/c1-16(17(27)25-10-6-7-11-25)24-12-14-26(15-13-24)19(21-5)23-9-8-22-18(28)20(2,3)4;/h16H,6-15H2,1-5H3,(H,21,23)(H,22,28);1H. The molecule has 0 bridgehead atoms. The molecular weight excluding hydrogens is 483 g/mol. The number of hydrogen-bond acceptors (Lipinski definition) is 4. The Balaban J connectivity index is 0.00000420. The summed E-state index contributed by atoms with van der Waals surface area (Å²) in [5, 5.41) is 6.27. The maximum absolute atomic E-state index is 12.6. The molecule has 2 fully saturated rings. The monoisotopic (exact) mass is 522 g/mol. The molecule has 2 saturated heterocycles. The minimum absolute atomic E-state index is 0. The summed E-state index contributed by atoms with van der Waals surface area (Å²) in [4.78, 5) is 35.4. The average Bonchev–Trinajstić information content (AvgIpc) is 3.21. The Morgan fingerprint density at radius 2 is 1.48 bits per heavy atom. The Morgan fingerprint density at radius 3 is 2.00 bits per heavy atom. The van der Waals surface area contributed by atoms with Crippen molar-refractivity contribution in [2.24, 2.45) is 10.4 Å². The molecule has 1 unspecified atom stereocenters. The third-order valence-electron chi connectivity index (χ3n) is 5.52. The highest BCUT2D eigenvalue weighted by molar-refractivity contribution is 14.0. The lowest BCUT2D eigenvalue weighted by molar-refractivity contribution is -0.135. The number of piperazine rings is 1. The largest absolute Gasteiger partial charge is 0.354 e. The van der Waals surface area contributed by atoms with Crippen LogP contribution in [0, 0.1) is 5.41 Å². The Bertz CT molecular complexity index is 564. The molecule has 2 aliphatic rings. The highest BCUT2D eigenvalue weighted by Crippen LogP contribution is 2.14. The number of guanidine groups is 1. The van der Waals surface area contributed by atoms with Crippen LogP contribution in [-0.2, 0) is 9.59 Å². The number of amides is 2. The van der Waals surface area contributed by atoms with E-state index >= 15 is 0 Å². The second-order valence-corrected chi connectivity index (χ2v) is 8.71. The van der Waals surface area contributed by atoms with Crippen LogP contribution in [-0.4, -0.2) is 97.9 Å². The van der Waals surface area contributed by atoms with Gasteiger partial charge in [0.2, 0.25) is 11.8 Å². The summed E-state index contributed by atoms with van der Waals surface area (Å²) in [6, 6.07) is -0.0529. The summed E-state index contributed by atoms with van der Waals surface area (Å²) in [6.45, 7) is 14.1. The fourth-order valence-corrected chi connectivity index (χ4v) is 3.63. The zero-order valence-corrected chi connectivity index (χ0v) is 21.0. The van der Waals surface area contributed by atoms with E-state index < -0.39 is 0 Å². The fourth-order valence-electron chi connectivity index (χ4n) is 3.63. The topological polar surface area (TPSA) is 80.3 Å². The molecule has 2 rings (SSSR count). The molecule has 0 aromatic heterocycles. The fraction of sp³-hybridized carbons (Fsp3) is 0.850. The third kappa shape index (κ3) is 7.58. The van der Waals surface area contributed by atoms with Gasteiger partial charge in [-0.1, -0.05) is 20.8 Å². The van der Waals surface area contributed by atoms with Gasteiger partial charge in [-0.3, -0.25) is 19.5 Å². The Hall–Kier alpha value is -1.10. The molecule has 168 valence electrons. The molecule has 9 heteroatoms. The number of nitrogens with zero attached hydrogens (tertiary/aromatic N) is 4. The molecule has 1 atom stereocenters. The van der Waals surface area contributed by atoms with Gasteiger partial charge in [0, 0.05) is 64.8 Å². The van der Waals surface area contributed by atoms with Crippen LogP contribution < -0.4 is 10.6 Å². The molecule has 2 amide bonds. The lowest BCUT2D eigenvalue weighted by Crippen LogP contribution is -2.57. The first-order chi connectivity index (χ1) is 13.2. The lowest BCUT2D eigenvalue weighted by atomic mass is 9.96. The molecule has 2 heterocycles. The molecule has 0 saturated carbocycles. The lowest BCUT2D eigenvalue weighted by Gasteiger charge is -2.39. The maximum atomic E-state index is 12.6. The molecule has 0 aliphatic carbocycles. The van der Waals surface area contributed by atoms with Crippen molar-refractivity contribution >= 4 is 41.8 Å². The van der Waals surface area contributed by atoms with E-state index in [-0.39, 0.29) is 47.2 Å². The van der Waals surface area contributed by atoms with E-state index in [0.717, 1.165) is 58.1 Å². The first-order valence-corrected chi connectivity index (χ1v) is 10.5. The Kier molecular flexibility index (Phi) is 10.7. The van der Waals surface area contributed by atoms with Crippen LogP contribution in [0.25, 0.3) is 0 Å². The van der Waals surface area contributed by atoms with Gasteiger partial charge in [0.05, 0.1) is 6.04 Å². The molecule has 0 aromatic carbocycles. The number of nitrogens with one attached hydrogen (secondary N) is 2. The molecule has 8 nitrogen and oxygen atoms in total. The number of carbonyl (C=O) groups is 2. The van der Waals surface area contributed by atoms with Crippen molar-refractivity contribution in [3.8, 4) is 0 Å². The van der Waals surface area contributed by atoms with Gasteiger partial charge in [0.25, 0.3) is 0 Å². The number of rotatable bonds is 5. The van der Waals surface area contributed by atoms with Crippen molar-refractivity contribution in [1.82, 2.24) is 25.3 Å². The van der Waals surface area contributed by atoms with Gasteiger partial charge in [-0.2, -0.15) is 0 Å². The maximum Gasteiger partial charge on any atom is 0.239 e. The van der Waals surface area contributed by atoms with Crippen LogP contribution in [0.1, 0.15) is 40.5 Å². The van der Waals surface area contributed by atoms with Crippen molar-refractivity contribution in [3.05, 3.63) is 0 Å². The van der Waals surface area contributed by atoms with Crippen molar-refractivity contribution in [1.29, 1.82) is 0 Å². The third-order valence-corrected chi connectivity index (χ3v) is 5.52. The number of hydrogen-bond donors (Lipinski definition) is 2. The van der Waals surface area contributed by atoms with Gasteiger partial charge in [-0.15, -0.1) is 24.0 Å². The molecule has 2 N–H and O–H groups in total. The summed E-state index contributed by atoms with van der Waals surface area (Å²) in [6.07, 6.45) is 2.26. The minimum atomic E-state index is -0.374. The molecule has 0 radical (unpaired) electrons. The number of halogens is 1. The molecule has 0 aromatic rings. The molecule has 2 aliphatic heterocycles. The Labute approximate surface area is 192 Å². The summed E-state index contributed by atoms with van der Waals surface area (Å²) < 4.78 is 0. The van der Waals surface area contributed by atoms with Crippen LogP contribution >= 0.6 is 24.0 Å². The van der Waals surface area contributed by atoms with Crippen LogP contribution in [0.4, 0.5) is 0 Å². The second kappa shape index (κ2) is 11.9. The van der Waals surface area contributed by atoms with Gasteiger partial charge in [0.1, 0.15) is 0 Å².